The Morgan fingerprint density at radius 3 is 2.68 bits per heavy atom. The second kappa shape index (κ2) is 10.4. The van der Waals surface area contributed by atoms with Crippen LogP contribution < -0.4 is 5.32 Å². The Hall–Kier alpha value is -4.16. The molecule has 0 fully saturated rings. The third-order valence-electron chi connectivity index (χ3n) is 6.27. The number of rotatable bonds is 9. The molecule has 0 aliphatic carbocycles. The van der Waals surface area contributed by atoms with Crippen molar-refractivity contribution in [1.82, 2.24) is 25.5 Å². The molecule has 3 N–H and O–H groups in total. The summed E-state index contributed by atoms with van der Waals surface area (Å²) in [6.07, 6.45) is 8.82. The van der Waals surface area contributed by atoms with Crippen LogP contribution in [0.15, 0.2) is 96.8 Å². The smallest absolute Gasteiger partial charge is 0.116 e. The molecule has 0 atom stereocenters. The molecule has 6 heteroatoms. The van der Waals surface area contributed by atoms with E-state index in [1.54, 1.807) is 11.3 Å². The Kier molecular flexibility index (Phi) is 6.93. The number of benzene rings is 1. The molecule has 0 aliphatic heterocycles. The lowest BCUT2D eigenvalue weighted by Crippen LogP contribution is -2.12. The van der Waals surface area contributed by atoms with Crippen LogP contribution in [0.3, 0.4) is 0 Å². The predicted octanol–water partition coefficient (Wildman–Crippen LogP) is 8.46. The minimum Gasteiger partial charge on any atom is -0.359 e. The molecule has 0 aliphatic rings. The van der Waals surface area contributed by atoms with Crippen LogP contribution in [0.5, 0.6) is 0 Å². The van der Waals surface area contributed by atoms with Crippen LogP contribution in [-0.4, -0.2) is 20.2 Å². The maximum Gasteiger partial charge on any atom is 0.116 e. The highest BCUT2D eigenvalue weighted by molar-refractivity contribution is 7.13. The molecule has 4 heterocycles. The van der Waals surface area contributed by atoms with Gasteiger partial charge in [-0.05, 0) is 78.3 Å². The van der Waals surface area contributed by atoms with Crippen molar-refractivity contribution in [3.8, 4) is 22.0 Å². The van der Waals surface area contributed by atoms with Gasteiger partial charge in [-0.2, -0.15) is 5.10 Å². The fourth-order valence-corrected chi connectivity index (χ4v) is 5.32. The van der Waals surface area contributed by atoms with Gasteiger partial charge in [0.1, 0.15) is 5.69 Å². The van der Waals surface area contributed by atoms with Crippen LogP contribution in [0.25, 0.3) is 49.3 Å². The second-order valence-corrected chi connectivity index (χ2v) is 10.4. The molecule has 5 nitrogen and oxygen atoms in total. The molecule has 0 amide bonds. The van der Waals surface area contributed by atoms with Crippen LogP contribution in [0, 0.1) is 5.92 Å². The summed E-state index contributed by atoms with van der Waals surface area (Å²) >= 11 is 1.69. The van der Waals surface area contributed by atoms with Crippen molar-refractivity contribution in [2.75, 3.05) is 0 Å². The lowest BCUT2D eigenvalue weighted by molar-refractivity contribution is 0.622. The minimum atomic E-state index is 0.538. The lowest BCUT2D eigenvalue weighted by atomic mass is 10.0. The summed E-state index contributed by atoms with van der Waals surface area (Å²) in [5, 5.41) is 15.5. The summed E-state index contributed by atoms with van der Waals surface area (Å²) in [6, 6.07) is 14.7. The molecule has 1 aromatic carbocycles. The first kappa shape index (κ1) is 24.5. The van der Waals surface area contributed by atoms with Crippen LogP contribution >= 0.6 is 11.3 Å². The average molecular weight is 506 g/mol. The highest BCUT2D eigenvalue weighted by atomic mass is 32.1. The van der Waals surface area contributed by atoms with Crippen LogP contribution in [-0.2, 0) is 0 Å². The number of hydrogen-bond donors (Lipinski definition) is 3. The molecule has 4 aromatic heterocycles. The topological polar surface area (TPSA) is 69.4 Å². The average Bonchev–Trinajstić information content (AvgIpc) is 3.64. The molecule has 37 heavy (non-hydrogen) atoms. The van der Waals surface area contributed by atoms with E-state index in [4.69, 9.17) is 0 Å². The summed E-state index contributed by atoms with van der Waals surface area (Å²) in [4.78, 5) is 9.36. The SMILES string of the molecule is C=C/C(=C\C(=C/C)c1ccc2[nH]nc(-c3cc4c(-c5cccs5)nccc4[nH]3)c2c1)NC(=C)CC(C)C. The normalized spacial score (nSPS) is 12.5. The molecule has 0 saturated carbocycles. The zero-order chi connectivity index (χ0) is 25.9. The number of pyridine rings is 1. The number of nitrogens with zero attached hydrogens (tertiary/aromatic N) is 2. The van der Waals surface area contributed by atoms with Gasteiger partial charge in [-0.25, -0.2) is 0 Å². The van der Waals surface area contributed by atoms with Gasteiger partial charge in [0.2, 0.25) is 0 Å². The first-order valence-corrected chi connectivity index (χ1v) is 13.3. The van der Waals surface area contributed by atoms with Gasteiger partial charge in [0.25, 0.3) is 0 Å². The van der Waals surface area contributed by atoms with Crippen molar-refractivity contribution >= 4 is 38.7 Å². The summed E-state index contributed by atoms with van der Waals surface area (Å²) in [7, 11) is 0. The standard InChI is InChI=1S/C31H31N5S/c1-6-21(16-23(7-2)33-20(5)15-19(3)4)22-10-11-27-24(17-22)30(36-35-27)28-18-25-26(34-28)12-13-32-31(25)29-9-8-14-37-29/h6-14,16-19,33-34H,2,5,15H2,1,3-4H3,(H,35,36)/b21-6+,23-16+. The largest absolute Gasteiger partial charge is 0.359 e. The zero-order valence-corrected chi connectivity index (χ0v) is 22.2. The lowest BCUT2D eigenvalue weighted by Gasteiger charge is -2.13. The summed E-state index contributed by atoms with van der Waals surface area (Å²) in [5.41, 5.74) is 8.97. The zero-order valence-electron chi connectivity index (χ0n) is 21.4. The van der Waals surface area contributed by atoms with Gasteiger partial charge in [0.15, 0.2) is 0 Å². The fraction of sp³-hybridized carbons (Fsp3) is 0.161. The molecule has 186 valence electrons. The Balaban J connectivity index is 1.52. The third kappa shape index (κ3) is 5.06. The van der Waals surface area contributed by atoms with E-state index in [1.807, 2.05) is 25.3 Å². The minimum absolute atomic E-state index is 0.538. The van der Waals surface area contributed by atoms with Gasteiger partial charge >= 0.3 is 0 Å². The first-order valence-electron chi connectivity index (χ1n) is 12.4. The van der Waals surface area contributed by atoms with E-state index in [2.05, 4.69) is 106 Å². The quantitative estimate of drug-likeness (QED) is 0.176. The van der Waals surface area contributed by atoms with Crippen molar-refractivity contribution in [1.29, 1.82) is 0 Å². The molecule has 0 unspecified atom stereocenters. The number of aromatic amines is 2. The van der Waals surface area contributed by atoms with Crippen molar-refractivity contribution in [2.45, 2.75) is 27.2 Å². The molecule has 0 bridgehead atoms. The van der Waals surface area contributed by atoms with Crippen molar-refractivity contribution in [3.05, 3.63) is 102 Å². The maximum absolute atomic E-state index is 4.67. The number of aromatic nitrogens is 4. The van der Waals surface area contributed by atoms with E-state index in [1.165, 1.54) is 0 Å². The highest BCUT2D eigenvalue weighted by Gasteiger charge is 2.15. The maximum atomic E-state index is 4.67. The number of allylic oxidation sites excluding steroid dienone is 5. The van der Waals surface area contributed by atoms with Crippen molar-refractivity contribution in [2.24, 2.45) is 5.92 Å². The van der Waals surface area contributed by atoms with E-state index in [0.717, 1.165) is 72.7 Å². The van der Waals surface area contributed by atoms with E-state index >= 15 is 0 Å². The Morgan fingerprint density at radius 1 is 1.11 bits per heavy atom. The fourth-order valence-electron chi connectivity index (χ4n) is 4.58. The van der Waals surface area contributed by atoms with Gasteiger partial charge in [-0.15, -0.1) is 11.3 Å². The van der Waals surface area contributed by atoms with Gasteiger partial charge in [0, 0.05) is 33.9 Å². The van der Waals surface area contributed by atoms with E-state index in [9.17, 15) is 0 Å². The molecule has 5 rings (SSSR count). The van der Waals surface area contributed by atoms with E-state index in [-0.39, 0.29) is 0 Å². The van der Waals surface area contributed by atoms with Crippen molar-refractivity contribution < 1.29 is 0 Å². The number of hydrogen-bond acceptors (Lipinski definition) is 4. The molecule has 0 saturated heterocycles. The number of fused-ring (bicyclic) bond motifs is 2. The molecule has 5 aromatic rings. The molecule has 0 spiro atoms. The Labute approximate surface area is 221 Å². The van der Waals surface area contributed by atoms with E-state index < -0.39 is 0 Å². The monoisotopic (exact) mass is 505 g/mol. The summed E-state index contributed by atoms with van der Waals surface area (Å²) in [5.74, 6) is 0.538. The number of nitrogens with one attached hydrogen (secondary N) is 3. The Morgan fingerprint density at radius 2 is 1.95 bits per heavy atom. The highest BCUT2D eigenvalue weighted by Crippen LogP contribution is 2.35. The molecule has 0 radical (unpaired) electrons. The second-order valence-electron chi connectivity index (χ2n) is 9.49. The van der Waals surface area contributed by atoms with E-state index in [0.29, 0.717) is 5.92 Å². The molecular formula is C31H31N5S. The van der Waals surface area contributed by atoms with Crippen LogP contribution in [0.1, 0.15) is 32.8 Å². The number of H-pyrrole nitrogens is 2. The van der Waals surface area contributed by atoms with Gasteiger partial charge in [-0.3, -0.25) is 10.1 Å². The van der Waals surface area contributed by atoms with Gasteiger partial charge in [-0.1, -0.05) is 45.2 Å². The molecular weight excluding hydrogens is 474 g/mol. The summed E-state index contributed by atoms with van der Waals surface area (Å²) in [6.45, 7) is 14.6. The number of thiophene rings is 1. The Bertz CT molecular complexity index is 1640. The van der Waals surface area contributed by atoms with Gasteiger partial charge < -0.3 is 10.3 Å². The van der Waals surface area contributed by atoms with Gasteiger partial charge in [0.05, 0.1) is 21.8 Å². The van der Waals surface area contributed by atoms with Crippen LogP contribution in [0.2, 0.25) is 0 Å². The van der Waals surface area contributed by atoms with Crippen LogP contribution in [0.4, 0.5) is 0 Å². The first-order chi connectivity index (χ1) is 18.0. The third-order valence-corrected chi connectivity index (χ3v) is 7.15. The predicted molar refractivity (Wildman–Crippen MR) is 158 cm³/mol. The van der Waals surface area contributed by atoms with Crippen molar-refractivity contribution in [3.63, 3.8) is 0 Å². The summed E-state index contributed by atoms with van der Waals surface area (Å²) < 4.78 is 0.